The molecule has 0 aliphatic rings. The third-order valence-electron chi connectivity index (χ3n) is 3.26. The number of aryl methyl sites for hydroxylation is 1. The van der Waals surface area contributed by atoms with Crippen LogP contribution in [0.3, 0.4) is 0 Å². The molecule has 3 rings (SSSR count). The van der Waals surface area contributed by atoms with Crippen molar-refractivity contribution >= 4 is 22.2 Å². The van der Waals surface area contributed by atoms with Crippen LogP contribution in [0.15, 0.2) is 41.8 Å². The number of para-hydroxylation sites is 1. The summed E-state index contributed by atoms with van der Waals surface area (Å²) in [6.07, 6.45) is 0.742. The van der Waals surface area contributed by atoms with Crippen LogP contribution in [0.1, 0.15) is 22.4 Å². The first-order valence-electron chi connectivity index (χ1n) is 6.49. The number of nitrogens with zero attached hydrogens (tertiary/aromatic N) is 2. The van der Waals surface area contributed by atoms with Crippen LogP contribution in [-0.2, 0) is 6.42 Å². The molecular weight excluding hydrogens is 268 g/mol. The second kappa shape index (κ2) is 5.66. The molecule has 1 unspecified atom stereocenters. The summed E-state index contributed by atoms with van der Waals surface area (Å²) in [5.74, 6) is 5.69. The molecule has 0 amide bonds. The maximum atomic E-state index is 5.69. The Labute approximate surface area is 121 Å². The summed E-state index contributed by atoms with van der Waals surface area (Å²) in [5.41, 5.74) is 5.82. The van der Waals surface area contributed by atoms with Crippen molar-refractivity contribution in [3.8, 4) is 0 Å². The Hall–Kier alpha value is -1.82. The van der Waals surface area contributed by atoms with E-state index in [1.54, 1.807) is 11.3 Å². The molecule has 1 atom stereocenters. The Balaban J connectivity index is 1.90. The normalized spacial score (nSPS) is 12.7. The van der Waals surface area contributed by atoms with E-state index in [0.29, 0.717) is 0 Å². The molecular formula is C15H16N4S. The number of pyridine rings is 1. The lowest BCUT2D eigenvalue weighted by atomic mass is 10.1. The molecule has 0 saturated heterocycles. The van der Waals surface area contributed by atoms with Gasteiger partial charge in [0.1, 0.15) is 0 Å². The molecule has 0 aliphatic heterocycles. The van der Waals surface area contributed by atoms with Crippen molar-refractivity contribution in [2.45, 2.75) is 19.4 Å². The molecule has 0 fully saturated rings. The summed E-state index contributed by atoms with van der Waals surface area (Å²) in [5, 5.41) is 4.28. The van der Waals surface area contributed by atoms with Gasteiger partial charge in [-0.25, -0.2) is 4.98 Å². The highest BCUT2D eigenvalue weighted by Gasteiger charge is 2.14. The monoisotopic (exact) mass is 284 g/mol. The van der Waals surface area contributed by atoms with E-state index >= 15 is 0 Å². The lowest BCUT2D eigenvalue weighted by Crippen LogP contribution is -2.30. The number of thiazole rings is 1. The minimum atomic E-state index is -0.0268. The second-order valence-corrected chi connectivity index (χ2v) is 5.77. The first kappa shape index (κ1) is 13.2. The number of benzene rings is 1. The van der Waals surface area contributed by atoms with E-state index < -0.39 is 0 Å². The summed E-state index contributed by atoms with van der Waals surface area (Å²) < 4.78 is 0. The average Bonchev–Trinajstić information content (AvgIpc) is 2.89. The highest BCUT2D eigenvalue weighted by molar-refractivity contribution is 7.09. The van der Waals surface area contributed by atoms with Crippen LogP contribution in [0.5, 0.6) is 0 Å². The number of nitrogens with one attached hydrogen (secondary N) is 1. The van der Waals surface area contributed by atoms with Gasteiger partial charge in [-0.2, -0.15) is 0 Å². The molecule has 3 N–H and O–H groups in total. The van der Waals surface area contributed by atoms with Gasteiger partial charge in [0.2, 0.25) is 0 Å². The van der Waals surface area contributed by atoms with Gasteiger partial charge < -0.3 is 0 Å². The predicted molar refractivity (Wildman–Crippen MR) is 82.4 cm³/mol. The summed E-state index contributed by atoms with van der Waals surface area (Å²) in [6.45, 7) is 2.01. The molecule has 0 spiro atoms. The fourth-order valence-electron chi connectivity index (χ4n) is 2.24. The van der Waals surface area contributed by atoms with Gasteiger partial charge in [0.15, 0.2) is 0 Å². The fourth-order valence-corrected chi connectivity index (χ4v) is 2.86. The fraction of sp³-hybridized carbons (Fsp3) is 0.200. The maximum Gasteiger partial charge on any atom is 0.0897 e. The van der Waals surface area contributed by atoms with Crippen molar-refractivity contribution in [1.82, 2.24) is 15.4 Å². The van der Waals surface area contributed by atoms with E-state index in [9.17, 15) is 0 Å². The van der Waals surface area contributed by atoms with E-state index in [-0.39, 0.29) is 6.04 Å². The van der Waals surface area contributed by atoms with E-state index in [0.717, 1.165) is 33.7 Å². The van der Waals surface area contributed by atoms with Gasteiger partial charge in [-0.3, -0.25) is 16.3 Å². The van der Waals surface area contributed by atoms with E-state index in [2.05, 4.69) is 32.9 Å². The van der Waals surface area contributed by atoms with Gasteiger partial charge in [0, 0.05) is 17.2 Å². The van der Waals surface area contributed by atoms with Gasteiger partial charge in [-0.05, 0) is 19.1 Å². The number of fused-ring (bicyclic) bond motifs is 1. The van der Waals surface area contributed by atoms with E-state index in [1.165, 1.54) is 0 Å². The van der Waals surface area contributed by atoms with Crippen LogP contribution in [0.25, 0.3) is 10.9 Å². The highest BCUT2D eigenvalue weighted by atomic mass is 32.1. The zero-order valence-corrected chi connectivity index (χ0v) is 12.0. The lowest BCUT2D eigenvalue weighted by Gasteiger charge is -2.14. The van der Waals surface area contributed by atoms with Crippen molar-refractivity contribution < 1.29 is 0 Å². The Morgan fingerprint density at radius 1 is 1.20 bits per heavy atom. The minimum Gasteiger partial charge on any atom is -0.271 e. The third kappa shape index (κ3) is 2.70. The maximum absolute atomic E-state index is 5.69. The van der Waals surface area contributed by atoms with E-state index in [4.69, 9.17) is 5.84 Å². The van der Waals surface area contributed by atoms with Crippen molar-refractivity contribution in [3.63, 3.8) is 0 Å². The molecule has 2 aromatic heterocycles. The van der Waals surface area contributed by atoms with Crippen LogP contribution >= 0.6 is 11.3 Å². The number of rotatable bonds is 4. The molecule has 0 bridgehead atoms. The molecule has 20 heavy (non-hydrogen) atoms. The Morgan fingerprint density at radius 3 is 2.80 bits per heavy atom. The summed E-state index contributed by atoms with van der Waals surface area (Å²) in [7, 11) is 0. The van der Waals surface area contributed by atoms with Crippen LogP contribution in [-0.4, -0.2) is 9.97 Å². The first-order chi connectivity index (χ1) is 9.76. The summed E-state index contributed by atoms with van der Waals surface area (Å²) >= 11 is 1.65. The second-order valence-electron chi connectivity index (χ2n) is 4.71. The molecule has 5 heteroatoms. The molecule has 102 valence electrons. The number of hydrazine groups is 1. The molecule has 0 saturated carbocycles. The first-order valence-corrected chi connectivity index (χ1v) is 7.37. The van der Waals surface area contributed by atoms with E-state index in [1.807, 2.05) is 31.2 Å². The van der Waals surface area contributed by atoms with Crippen molar-refractivity contribution in [2.24, 2.45) is 5.84 Å². The average molecular weight is 284 g/mol. The molecule has 0 aliphatic carbocycles. The molecule has 4 nitrogen and oxygen atoms in total. The van der Waals surface area contributed by atoms with Gasteiger partial charge in [0.05, 0.1) is 28.0 Å². The van der Waals surface area contributed by atoms with Crippen LogP contribution in [0.4, 0.5) is 0 Å². The number of aromatic nitrogens is 2. The van der Waals surface area contributed by atoms with Crippen molar-refractivity contribution in [3.05, 3.63) is 58.2 Å². The Morgan fingerprint density at radius 2 is 2.05 bits per heavy atom. The highest BCUT2D eigenvalue weighted by Crippen LogP contribution is 2.20. The molecule has 3 aromatic rings. The Bertz CT molecular complexity index is 722. The largest absolute Gasteiger partial charge is 0.271 e. The number of hydrogen-bond acceptors (Lipinski definition) is 5. The number of nitrogens with two attached hydrogens (primary N) is 1. The zero-order valence-electron chi connectivity index (χ0n) is 11.2. The van der Waals surface area contributed by atoms with Crippen molar-refractivity contribution in [2.75, 3.05) is 0 Å². The topological polar surface area (TPSA) is 63.8 Å². The van der Waals surface area contributed by atoms with Gasteiger partial charge in [0.25, 0.3) is 0 Å². The van der Waals surface area contributed by atoms with Crippen LogP contribution < -0.4 is 11.3 Å². The standard InChI is InChI=1S/C15H16N4S/c1-10-17-12(9-20-10)8-15(19-16)14-7-6-11-4-2-3-5-13(11)18-14/h2-7,9,15,19H,8,16H2,1H3. The lowest BCUT2D eigenvalue weighted by molar-refractivity contribution is 0.535. The smallest absolute Gasteiger partial charge is 0.0897 e. The Kier molecular flexibility index (Phi) is 3.73. The summed E-state index contributed by atoms with van der Waals surface area (Å²) in [6, 6.07) is 12.1. The SMILES string of the molecule is Cc1nc(CC(NN)c2ccc3ccccc3n2)cs1. The minimum absolute atomic E-state index is 0.0268. The third-order valence-corrected chi connectivity index (χ3v) is 4.08. The van der Waals surface area contributed by atoms with Crippen LogP contribution in [0, 0.1) is 6.92 Å². The molecule has 1 aromatic carbocycles. The zero-order chi connectivity index (χ0) is 13.9. The van der Waals surface area contributed by atoms with Crippen LogP contribution in [0.2, 0.25) is 0 Å². The van der Waals surface area contributed by atoms with Gasteiger partial charge >= 0.3 is 0 Å². The predicted octanol–water partition coefficient (Wildman–Crippen LogP) is 2.75. The quantitative estimate of drug-likeness (QED) is 0.571. The number of hydrogen-bond donors (Lipinski definition) is 2. The van der Waals surface area contributed by atoms with Gasteiger partial charge in [-0.15, -0.1) is 11.3 Å². The summed E-state index contributed by atoms with van der Waals surface area (Å²) in [4.78, 5) is 9.16. The van der Waals surface area contributed by atoms with Gasteiger partial charge in [-0.1, -0.05) is 24.3 Å². The van der Waals surface area contributed by atoms with Crippen molar-refractivity contribution in [1.29, 1.82) is 0 Å². The molecule has 2 heterocycles. The molecule has 0 radical (unpaired) electrons.